The second-order valence-corrected chi connectivity index (χ2v) is 4.64. The Morgan fingerprint density at radius 2 is 2.32 bits per heavy atom. The van der Waals surface area contributed by atoms with Crippen molar-refractivity contribution in [3.05, 3.63) is 50.7 Å². The van der Waals surface area contributed by atoms with E-state index in [0.29, 0.717) is 24.1 Å². The van der Waals surface area contributed by atoms with Gasteiger partial charge in [0.15, 0.2) is 0 Å². The molecule has 0 bridgehead atoms. The lowest BCUT2D eigenvalue weighted by molar-refractivity contribution is -0.385. The molecule has 1 aromatic carbocycles. The molecule has 0 amide bonds. The lowest BCUT2D eigenvalue weighted by Gasteiger charge is -2.07. The van der Waals surface area contributed by atoms with Crippen LogP contribution in [-0.2, 0) is 13.1 Å². The van der Waals surface area contributed by atoms with E-state index in [-0.39, 0.29) is 5.69 Å². The van der Waals surface area contributed by atoms with Crippen LogP contribution < -0.4 is 5.32 Å². The fraction of sp³-hybridized carbons (Fsp3) is 0.273. The van der Waals surface area contributed by atoms with Crippen LogP contribution in [0, 0.1) is 10.1 Å². The summed E-state index contributed by atoms with van der Waals surface area (Å²) in [5, 5.41) is 21.6. The Morgan fingerprint density at radius 1 is 1.47 bits per heavy atom. The van der Waals surface area contributed by atoms with Gasteiger partial charge in [-0.25, -0.2) is 0 Å². The molecule has 0 fully saturated rings. The first-order valence-corrected chi connectivity index (χ1v) is 6.44. The number of nitrogens with zero attached hydrogens (tertiary/aromatic N) is 4. The number of nitro groups is 1. The Kier molecular flexibility index (Phi) is 4.58. The van der Waals surface area contributed by atoms with Crippen LogP contribution in [-0.4, -0.2) is 26.5 Å². The molecule has 8 heteroatoms. The molecule has 0 aliphatic rings. The van der Waals surface area contributed by atoms with E-state index >= 15 is 0 Å². The van der Waals surface area contributed by atoms with Gasteiger partial charge in [-0.15, -0.1) is 5.10 Å². The van der Waals surface area contributed by atoms with E-state index in [4.69, 9.17) is 0 Å². The van der Waals surface area contributed by atoms with Gasteiger partial charge in [0, 0.05) is 25.4 Å². The third kappa shape index (κ3) is 3.58. The molecule has 2 aromatic rings. The maximum absolute atomic E-state index is 10.8. The van der Waals surface area contributed by atoms with Crippen molar-refractivity contribution in [3.63, 3.8) is 0 Å². The predicted octanol–water partition coefficient (Wildman–Crippen LogP) is 1.74. The maximum Gasteiger partial charge on any atom is 0.283 e. The highest BCUT2D eigenvalue weighted by Crippen LogP contribution is 2.27. The molecule has 1 aromatic heterocycles. The predicted molar refractivity (Wildman–Crippen MR) is 72.5 cm³/mol. The zero-order valence-electron chi connectivity index (χ0n) is 9.99. The van der Waals surface area contributed by atoms with Gasteiger partial charge in [0.05, 0.1) is 22.1 Å². The SMILES string of the molecule is O=[N+]([O-])c1cccc(CNCCn2ccnn2)c1Br. The van der Waals surface area contributed by atoms with Gasteiger partial charge in [0.25, 0.3) is 5.69 Å². The fourth-order valence-corrected chi connectivity index (χ4v) is 2.16. The number of rotatable bonds is 6. The average molecular weight is 326 g/mol. The summed E-state index contributed by atoms with van der Waals surface area (Å²) in [4.78, 5) is 10.4. The van der Waals surface area contributed by atoms with Crippen LogP contribution >= 0.6 is 15.9 Å². The van der Waals surface area contributed by atoms with Crippen molar-refractivity contribution >= 4 is 21.6 Å². The molecule has 0 spiro atoms. The summed E-state index contributed by atoms with van der Waals surface area (Å²) in [5.74, 6) is 0. The first kappa shape index (κ1) is 13.6. The van der Waals surface area contributed by atoms with Crippen LogP contribution in [0.25, 0.3) is 0 Å². The molecule has 2 rings (SSSR count). The molecule has 0 atom stereocenters. The molecule has 0 aliphatic carbocycles. The number of hydrogen-bond donors (Lipinski definition) is 1. The zero-order valence-corrected chi connectivity index (χ0v) is 11.6. The van der Waals surface area contributed by atoms with Crippen molar-refractivity contribution < 1.29 is 4.92 Å². The minimum Gasteiger partial charge on any atom is -0.311 e. The Balaban J connectivity index is 1.89. The Hall–Kier alpha value is -1.80. The third-order valence-corrected chi connectivity index (χ3v) is 3.48. The van der Waals surface area contributed by atoms with E-state index in [1.54, 1.807) is 23.1 Å². The zero-order chi connectivity index (χ0) is 13.7. The van der Waals surface area contributed by atoms with E-state index in [0.717, 1.165) is 5.56 Å². The van der Waals surface area contributed by atoms with Crippen molar-refractivity contribution in [1.82, 2.24) is 20.3 Å². The topological polar surface area (TPSA) is 85.9 Å². The van der Waals surface area contributed by atoms with Gasteiger partial charge in [-0.2, -0.15) is 0 Å². The van der Waals surface area contributed by atoms with Crippen LogP contribution in [0.2, 0.25) is 0 Å². The van der Waals surface area contributed by atoms with E-state index in [1.165, 1.54) is 6.07 Å². The minimum absolute atomic E-state index is 0.0792. The van der Waals surface area contributed by atoms with Gasteiger partial charge in [0.2, 0.25) is 0 Å². The number of hydrogen-bond acceptors (Lipinski definition) is 5. The molecule has 100 valence electrons. The summed E-state index contributed by atoms with van der Waals surface area (Å²) in [6.45, 7) is 1.96. The van der Waals surface area contributed by atoms with Crippen molar-refractivity contribution in [3.8, 4) is 0 Å². The largest absolute Gasteiger partial charge is 0.311 e. The molecule has 0 radical (unpaired) electrons. The number of aromatic nitrogens is 3. The molecular weight excluding hydrogens is 314 g/mol. The van der Waals surface area contributed by atoms with E-state index in [9.17, 15) is 10.1 Å². The summed E-state index contributed by atoms with van der Waals surface area (Å²) < 4.78 is 2.24. The third-order valence-electron chi connectivity index (χ3n) is 2.56. The van der Waals surface area contributed by atoms with Crippen molar-refractivity contribution in [2.45, 2.75) is 13.1 Å². The molecule has 0 saturated heterocycles. The van der Waals surface area contributed by atoms with Crippen molar-refractivity contribution in [1.29, 1.82) is 0 Å². The Bertz CT molecular complexity index is 558. The number of nitrogens with one attached hydrogen (secondary N) is 1. The van der Waals surface area contributed by atoms with E-state index in [1.807, 2.05) is 6.07 Å². The summed E-state index contributed by atoms with van der Waals surface area (Å²) in [5.41, 5.74) is 0.934. The molecule has 0 aliphatic heterocycles. The van der Waals surface area contributed by atoms with Gasteiger partial charge < -0.3 is 5.32 Å². The van der Waals surface area contributed by atoms with E-state index in [2.05, 4.69) is 31.6 Å². The van der Waals surface area contributed by atoms with Gasteiger partial charge in [-0.05, 0) is 21.5 Å². The van der Waals surface area contributed by atoms with Gasteiger partial charge in [0.1, 0.15) is 0 Å². The standard InChI is InChI=1S/C11H12BrN5O2/c12-11-9(2-1-3-10(11)17(18)19)8-13-4-6-16-7-5-14-15-16/h1-3,5,7,13H,4,6,8H2. The maximum atomic E-state index is 10.8. The molecule has 7 nitrogen and oxygen atoms in total. The van der Waals surface area contributed by atoms with Crippen LogP contribution in [0.1, 0.15) is 5.56 Å². The highest BCUT2D eigenvalue weighted by atomic mass is 79.9. The highest BCUT2D eigenvalue weighted by molar-refractivity contribution is 9.10. The number of nitro benzene ring substituents is 1. The summed E-state index contributed by atoms with van der Waals surface area (Å²) >= 11 is 3.26. The lowest BCUT2D eigenvalue weighted by atomic mass is 10.2. The summed E-state index contributed by atoms with van der Waals surface area (Å²) in [6.07, 6.45) is 3.40. The lowest BCUT2D eigenvalue weighted by Crippen LogP contribution is -2.20. The molecule has 19 heavy (non-hydrogen) atoms. The summed E-state index contributed by atoms with van der Waals surface area (Å²) in [6, 6.07) is 5.00. The number of benzene rings is 1. The monoisotopic (exact) mass is 325 g/mol. The highest BCUT2D eigenvalue weighted by Gasteiger charge is 2.14. The molecular formula is C11H12BrN5O2. The van der Waals surface area contributed by atoms with Crippen LogP contribution in [0.15, 0.2) is 35.1 Å². The smallest absolute Gasteiger partial charge is 0.283 e. The van der Waals surface area contributed by atoms with Crippen LogP contribution in [0.4, 0.5) is 5.69 Å². The second-order valence-electron chi connectivity index (χ2n) is 3.85. The molecule has 0 saturated carbocycles. The van der Waals surface area contributed by atoms with Crippen LogP contribution in [0.5, 0.6) is 0 Å². The normalized spacial score (nSPS) is 10.6. The molecule has 1 N–H and O–H groups in total. The van der Waals surface area contributed by atoms with Gasteiger partial charge in [-0.3, -0.25) is 14.8 Å². The first-order valence-electron chi connectivity index (χ1n) is 5.65. The minimum atomic E-state index is -0.400. The first-order chi connectivity index (χ1) is 9.18. The van der Waals surface area contributed by atoms with Gasteiger partial charge in [-0.1, -0.05) is 17.3 Å². The van der Waals surface area contributed by atoms with E-state index < -0.39 is 4.92 Å². The van der Waals surface area contributed by atoms with Crippen molar-refractivity contribution in [2.24, 2.45) is 0 Å². The Morgan fingerprint density at radius 3 is 3.00 bits per heavy atom. The quantitative estimate of drug-likeness (QED) is 0.496. The molecule has 0 unspecified atom stereocenters. The van der Waals surface area contributed by atoms with Gasteiger partial charge >= 0.3 is 0 Å². The fourth-order valence-electron chi connectivity index (χ4n) is 1.61. The average Bonchev–Trinajstić information content (AvgIpc) is 2.89. The van der Waals surface area contributed by atoms with Crippen molar-refractivity contribution in [2.75, 3.05) is 6.54 Å². The summed E-state index contributed by atoms with van der Waals surface area (Å²) in [7, 11) is 0. The second kappa shape index (κ2) is 6.39. The Labute approximate surface area is 117 Å². The molecule has 1 heterocycles. The number of halogens is 1. The van der Waals surface area contributed by atoms with Crippen LogP contribution in [0.3, 0.4) is 0 Å².